The summed E-state index contributed by atoms with van der Waals surface area (Å²) in [5, 5.41) is 2.92. The van der Waals surface area contributed by atoms with Gasteiger partial charge in [0.15, 0.2) is 11.6 Å². The molecule has 0 bridgehead atoms. The fraction of sp³-hybridized carbons (Fsp3) is 0.381. The summed E-state index contributed by atoms with van der Waals surface area (Å²) in [6, 6.07) is 9.90. The third-order valence-corrected chi connectivity index (χ3v) is 4.63. The number of hydrogen-bond acceptors (Lipinski definition) is 3. The minimum Gasteiger partial charge on any atom is -0.457 e. The van der Waals surface area contributed by atoms with Crippen molar-refractivity contribution in [3.05, 3.63) is 59.7 Å². The summed E-state index contributed by atoms with van der Waals surface area (Å²) in [5.74, 6) is -1.37. The molecule has 0 aliphatic carbocycles. The van der Waals surface area contributed by atoms with Crippen LogP contribution in [-0.4, -0.2) is 37.0 Å². The Morgan fingerprint density at radius 2 is 1.67 bits per heavy atom. The first-order valence-corrected chi connectivity index (χ1v) is 9.35. The fourth-order valence-electron chi connectivity index (χ4n) is 3.14. The van der Waals surface area contributed by atoms with Crippen LogP contribution in [0.25, 0.3) is 0 Å². The molecule has 0 atom stereocenters. The summed E-state index contributed by atoms with van der Waals surface area (Å²) in [5.41, 5.74) is 0.533. The molecule has 1 amide bonds. The molecule has 0 saturated carbocycles. The molecule has 1 saturated heterocycles. The predicted molar refractivity (Wildman–Crippen MR) is 100 cm³/mol. The number of nitrogens with zero attached hydrogens (tertiary/aromatic N) is 1. The Labute approximate surface area is 158 Å². The van der Waals surface area contributed by atoms with Gasteiger partial charge in [0.2, 0.25) is 0 Å². The van der Waals surface area contributed by atoms with Crippen molar-refractivity contribution in [1.82, 2.24) is 10.2 Å². The number of benzene rings is 2. The Morgan fingerprint density at radius 1 is 0.963 bits per heavy atom. The smallest absolute Gasteiger partial charge is 0.251 e. The number of piperidine rings is 1. The number of halogens is 2. The van der Waals surface area contributed by atoms with E-state index in [1.165, 1.54) is 25.3 Å². The van der Waals surface area contributed by atoms with E-state index in [2.05, 4.69) is 10.2 Å². The molecule has 1 aliphatic rings. The van der Waals surface area contributed by atoms with Crippen molar-refractivity contribution in [2.75, 3.05) is 26.2 Å². The van der Waals surface area contributed by atoms with Crippen molar-refractivity contribution in [2.24, 2.45) is 0 Å². The van der Waals surface area contributed by atoms with Crippen LogP contribution in [0, 0.1) is 11.6 Å². The molecule has 144 valence electrons. The average Bonchev–Trinajstić information content (AvgIpc) is 2.69. The summed E-state index contributed by atoms with van der Waals surface area (Å²) in [4.78, 5) is 14.6. The van der Waals surface area contributed by atoms with Gasteiger partial charge in [0, 0.05) is 18.2 Å². The number of carbonyl (C=O) groups is 1. The van der Waals surface area contributed by atoms with E-state index in [4.69, 9.17) is 4.74 Å². The van der Waals surface area contributed by atoms with E-state index in [1.807, 2.05) is 0 Å². The first-order chi connectivity index (χ1) is 13.1. The quantitative estimate of drug-likeness (QED) is 0.732. The van der Waals surface area contributed by atoms with Crippen LogP contribution in [-0.2, 0) is 0 Å². The molecule has 2 aromatic carbocycles. The van der Waals surface area contributed by atoms with E-state index < -0.39 is 11.6 Å². The first kappa shape index (κ1) is 19.3. The molecule has 0 unspecified atom stereocenters. The van der Waals surface area contributed by atoms with Gasteiger partial charge in [-0.15, -0.1) is 0 Å². The van der Waals surface area contributed by atoms with Gasteiger partial charge in [-0.3, -0.25) is 4.79 Å². The van der Waals surface area contributed by atoms with Crippen LogP contribution >= 0.6 is 0 Å². The molecule has 0 radical (unpaired) electrons. The molecule has 2 aromatic rings. The normalized spacial score (nSPS) is 14.7. The van der Waals surface area contributed by atoms with Gasteiger partial charge in [0.1, 0.15) is 11.5 Å². The molecule has 1 fully saturated rings. The van der Waals surface area contributed by atoms with Crippen LogP contribution in [0.3, 0.4) is 0 Å². The summed E-state index contributed by atoms with van der Waals surface area (Å²) >= 11 is 0. The molecule has 6 heteroatoms. The second-order valence-electron chi connectivity index (χ2n) is 6.71. The molecule has 3 rings (SSSR count). The van der Waals surface area contributed by atoms with Crippen molar-refractivity contribution >= 4 is 5.91 Å². The summed E-state index contributed by atoms with van der Waals surface area (Å²) < 4.78 is 31.6. The van der Waals surface area contributed by atoms with Gasteiger partial charge in [-0.25, -0.2) is 8.78 Å². The highest BCUT2D eigenvalue weighted by molar-refractivity contribution is 5.94. The van der Waals surface area contributed by atoms with Gasteiger partial charge < -0.3 is 15.0 Å². The van der Waals surface area contributed by atoms with Crippen molar-refractivity contribution < 1.29 is 18.3 Å². The topological polar surface area (TPSA) is 41.6 Å². The van der Waals surface area contributed by atoms with E-state index in [1.54, 1.807) is 24.3 Å². The van der Waals surface area contributed by atoms with Gasteiger partial charge in [0.25, 0.3) is 5.91 Å². The lowest BCUT2D eigenvalue weighted by molar-refractivity contribution is 0.0951. The second-order valence-corrected chi connectivity index (χ2v) is 6.71. The van der Waals surface area contributed by atoms with Crippen LogP contribution in [0.1, 0.15) is 36.0 Å². The summed E-state index contributed by atoms with van der Waals surface area (Å²) in [7, 11) is 0. The van der Waals surface area contributed by atoms with Crippen molar-refractivity contribution in [3.8, 4) is 11.5 Å². The maximum absolute atomic E-state index is 13.2. The van der Waals surface area contributed by atoms with Gasteiger partial charge in [-0.2, -0.15) is 0 Å². The zero-order chi connectivity index (χ0) is 19.1. The van der Waals surface area contributed by atoms with E-state index in [0.29, 0.717) is 17.9 Å². The van der Waals surface area contributed by atoms with E-state index in [0.717, 1.165) is 38.2 Å². The highest BCUT2D eigenvalue weighted by Gasteiger charge is 2.10. The third-order valence-electron chi connectivity index (χ3n) is 4.63. The number of amides is 1. The van der Waals surface area contributed by atoms with Crippen LogP contribution in [0.4, 0.5) is 8.78 Å². The molecular formula is C21H24F2N2O2. The lowest BCUT2D eigenvalue weighted by Gasteiger charge is -2.26. The van der Waals surface area contributed by atoms with Gasteiger partial charge >= 0.3 is 0 Å². The lowest BCUT2D eigenvalue weighted by Crippen LogP contribution is -2.33. The number of nitrogens with one attached hydrogen (secondary N) is 1. The number of hydrogen-bond donors (Lipinski definition) is 1. The van der Waals surface area contributed by atoms with Crippen LogP contribution in [0.15, 0.2) is 42.5 Å². The fourth-order valence-corrected chi connectivity index (χ4v) is 3.14. The zero-order valence-electron chi connectivity index (χ0n) is 15.2. The Morgan fingerprint density at radius 3 is 2.37 bits per heavy atom. The third kappa shape index (κ3) is 5.76. The molecule has 0 spiro atoms. The average molecular weight is 374 g/mol. The minimum atomic E-state index is -0.965. The zero-order valence-corrected chi connectivity index (χ0v) is 15.2. The van der Waals surface area contributed by atoms with Crippen LogP contribution < -0.4 is 10.1 Å². The van der Waals surface area contributed by atoms with Crippen molar-refractivity contribution in [3.63, 3.8) is 0 Å². The summed E-state index contributed by atoms with van der Waals surface area (Å²) in [6.07, 6.45) is 4.79. The van der Waals surface area contributed by atoms with Gasteiger partial charge in [0.05, 0.1) is 0 Å². The van der Waals surface area contributed by atoms with Crippen LogP contribution in [0.5, 0.6) is 11.5 Å². The van der Waals surface area contributed by atoms with Crippen molar-refractivity contribution in [1.29, 1.82) is 0 Å². The first-order valence-electron chi connectivity index (χ1n) is 9.35. The van der Waals surface area contributed by atoms with Crippen molar-refractivity contribution in [2.45, 2.75) is 25.7 Å². The number of likely N-dealkylation sites (tertiary alicyclic amines) is 1. The maximum atomic E-state index is 13.2. The highest BCUT2D eigenvalue weighted by atomic mass is 19.2. The van der Waals surface area contributed by atoms with Gasteiger partial charge in [-0.05, 0) is 75.3 Å². The van der Waals surface area contributed by atoms with Gasteiger partial charge in [-0.1, -0.05) is 6.42 Å². The molecule has 1 heterocycles. The number of carbonyl (C=O) groups excluding carboxylic acids is 1. The Balaban J connectivity index is 1.44. The molecule has 0 aromatic heterocycles. The Kier molecular flexibility index (Phi) is 6.76. The van der Waals surface area contributed by atoms with Crippen LogP contribution in [0.2, 0.25) is 0 Å². The van der Waals surface area contributed by atoms with E-state index >= 15 is 0 Å². The SMILES string of the molecule is O=C(NCCCN1CCCCC1)c1ccc(Oc2ccc(F)c(F)c2)cc1. The summed E-state index contributed by atoms with van der Waals surface area (Å²) in [6.45, 7) is 3.98. The highest BCUT2D eigenvalue weighted by Crippen LogP contribution is 2.23. The second kappa shape index (κ2) is 9.46. The number of ether oxygens (including phenoxy) is 1. The number of rotatable bonds is 7. The minimum absolute atomic E-state index is 0.131. The molecular weight excluding hydrogens is 350 g/mol. The molecule has 27 heavy (non-hydrogen) atoms. The predicted octanol–water partition coefficient (Wildman–Crippen LogP) is 4.36. The molecule has 4 nitrogen and oxygen atoms in total. The molecule has 1 aliphatic heterocycles. The lowest BCUT2D eigenvalue weighted by atomic mass is 10.1. The molecule has 1 N–H and O–H groups in total. The largest absolute Gasteiger partial charge is 0.457 e. The Bertz CT molecular complexity index is 759. The van der Waals surface area contributed by atoms with E-state index in [-0.39, 0.29) is 11.7 Å². The monoisotopic (exact) mass is 374 g/mol. The van der Waals surface area contributed by atoms with E-state index in [9.17, 15) is 13.6 Å². The Hall–Kier alpha value is -2.47. The maximum Gasteiger partial charge on any atom is 0.251 e. The standard InChI is InChI=1S/C21H24F2N2O2/c22-19-10-9-18(15-20(19)23)27-17-7-5-16(6-8-17)21(26)24-11-4-14-25-12-2-1-3-13-25/h5-10,15H,1-4,11-14H2,(H,24,26).